The third-order valence-corrected chi connectivity index (χ3v) is 4.26. The molecule has 2 aromatic heterocycles. The Hall–Kier alpha value is -2.68. The molecule has 0 aliphatic rings. The number of hydrogen-bond acceptors (Lipinski definition) is 2. The molecule has 1 aromatic carbocycles. The van der Waals surface area contributed by atoms with Crippen LogP contribution in [0.4, 0.5) is 5.69 Å². The second-order valence-electron chi connectivity index (χ2n) is 6.35. The van der Waals surface area contributed by atoms with Crippen LogP contribution in [0.1, 0.15) is 42.3 Å². The molecule has 3 rings (SSSR count). The molecule has 0 saturated heterocycles. The molecule has 3 aromatic rings. The molecule has 0 saturated carbocycles. The minimum absolute atomic E-state index is 0.542. The first-order valence-corrected chi connectivity index (χ1v) is 8.30. The zero-order valence-electron chi connectivity index (χ0n) is 14.7. The number of aliphatic imine (C=N–C) groups is 1. The van der Waals surface area contributed by atoms with Crippen LogP contribution < -0.4 is 0 Å². The second-order valence-corrected chi connectivity index (χ2v) is 6.35. The van der Waals surface area contributed by atoms with E-state index in [2.05, 4.69) is 72.6 Å². The Morgan fingerprint density at radius 1 is 1.04 bits per heavy atom. The molecule has 122 valence electrons. The molecule has 0 spiro atoms. The van der Waals surface area contributed by atoms with E-state index >= 15 is 0 Å². The molecule has 0 radical (unpaired) electrons. The van der Waals surface area contributed by atoms with E-state index in [1.54, 1.807) is 0 Å². The summed E-state index contributed by atoms with van der Waals surface area (Å²) >= 11 is 0. The molecule has 0 amide bonds. The van der Waals surface area contributed by atoms with Gasteiger partial charge in [-0.1, -0.05) is 32.0 Å². The van der Waals surface area contributed by atoms with Gasteiger partial charge in [-0.2, -0.15) is 0 Å². The van der Waals surface area contributed by atoms with E-state index in [0.29, 0.717) is 5.92 Å². The van der Waals surface area contributed by atoms with Crippen molar-refractivity contribution >= 4 is 11.9 Å². The van der Waals surface area contributed by atoms with Gasteiger partial charge in [0.25, 0.3) is 0 Å². The van der Waals surface area contributed by atoms with Crippen LogP contribution in [0.15, 0.2) is 59.7 Å². The van der Waals surface area contributed by atoms with E-state index in [9.17, 15) is 0 Å². The zero-order chi connectivity index (χ0) is 17.1. The van der Waals surface area contributed by atoms with E-state index in [-0.39, 0.29) is 0 Å². The molecule has 0 bridgehead atoms. The molecular weight excluding hydrogens is 294 g/mol. The van der Waals surface area contributed by atoms with Crippen LogP contribution in [0.25, 0.3) is 5.82 Å². The third kappa shape index (κ3) is 3.30. The summed E-state index contributed by atoms with van der Waals surface area (Å²) in [6.07, 6.45) is 3.75. The third-order valence-electron chi connectivity index (χ3n) is 4.26. The number of aromatic nitrogens is 2. The minimum atomic E-state index is 0.542. The van der Waals surface area contributed by atoms with Crippen molar-refractivity contribution in [3.63, 3.8) is 0 Å². The quantitative estimate of drug-likeness (QED) is 0.595. The normalized spacial score (nSPS) is 11.5. The van der Waals surface area contributed by atoms with Crippen LogP contribution in [0.5, 0.6) is 0 Å². The highest BCUT2D eigenvalue weighted by Gasteiger charge is 2.09. The van der Waals surface area contributed by atoms with Gasteiger partial charge >= 0.3 is 0 Å². The van der Waals surface area contributed by atoms with E-state index in [1.165, 1.54) is 5.56 Å². The summed E-state index contributed by atoms with van der Waals surface area (Å²) in [5.41, 5.74) is 5.73. The van der Waals surface area contributed by atoms with E-state index < -0.39 is 0 Å². The molecule has 0 unspecified atom stereocenters. The minimum Gasteiger partial charge on any atom is -0.303 e. The van der Waals surface area contributed by atoms with Gasteiger partial charge in [-0.3, -0.25) is 4.99 Å². The van der Waals surface area contributed by atoms with Gasteiger partial charge in [0.1, 0.15) is 5.82 Å². The Kier molecular flexibility index (Phi) is 4.61. The summed E-state index contributed by atoms with van der Waals surface area (Å²) < 4.78 is 2.16. The second kappa shape index (κ2) is 6.83. The van der Waals surface area contributed by atoms with E-state index in [4.69, 9.17) is 0 Å². The van der Waals surface area contributed by atoms with Crippen LogP contribution in [-0.4, -0.2) is 15.8 Å². The van der Waals surface area contributed by atoms with Crippen molar-refractivity contribution in [2.24, 2.45) is 4.99 Å². The molecule has 24 heavy (non-hydrogen) atoms. The average Bonchev–Trinajstić information content (AvgIpc) is 2.88. The van der Waals surface area contributed by atoms with Crippen LogP contribution in [0, 0.1) is 13.8 Å². The van der Waals surface area contributed by atoms with Crippen molar-refractivity contribution < 1.29 is 0 Å². The maximum absolute atomic E-state index is 4.63. The van der Waals surface area contributed by atoms with Gasteiger partial charge in [-0.25, -0.2) is 4.98 Å². The van der Waals surface area contributed by atoms with Gasteiger partial charge in [-0.15, -0.1) is 0 Å². The van der Waals surface area contributed by atoms with Crippen molar-refractivity contribution in [1.29, 1.82) is 0 Å². The predicted molar refractivity (Wildman–Crippen MR) is 101 cm³/mol. The fraction of sp³-hybridized carbons (Fsp3) is 0.238. The largest absolute Gasteiger partial charge is 0.303 e. The number of nitrogens with zero attached hydrogens (tertiary/aromatic N) is 3. The van der Waals surface area contributed by atoms with Gasteiger partial charge < -0.3 is 4.57 Å². The SMILES string of the molecule is Cc1cc(C=Nc2ccc(C(C)C)cc2)c(C)n1-c1ccccn1. The number of hydrogen-bond donors (Lipinski definition) is 0. The van der Waals surface area contributed by atoms with Crippen LogP contribution >= 0.6 is 0 Å². The number of benzene rings is 1. The topological polar surface area (TPSA) is 30.2 Å². The van der Waals surface area contributed by atoms with Crippen molar-refractivity contribution in [3.8, 4) is 5.82 Å². The number of pyridine rings is 1. The molecule has 3 heteroatoms. The monoisotopic (exact) mass is 317 g/mol. The Labute approximate surface area is 143 Å². The Morgan fingerprint density at radius 3 is 2.42 bits per heavy atom. The smallest absolute Gasteiger partial charge is 0.136 e. The molecule has 3 nitrogen and oxygen atoms in total. The molecule has 0 atom stereocenters. The van der Waals surface area contributed by atoms with E-state index in [1.807, 2.05) is 30.6 Å². The lowest BCUT2D eigenvalue weighted by Crippen LogP contribution is -2.01. The van der Waals surface area contributed by atoms with Gasteiger partial charge in [0.05, 0.1) is 5.69 Å². The van der Waals surface area contributed by atoms with Crippen LogP contribution in [-0.2, 0) is 0 Å². The van der Waals surface area contributed by atoms with Gasteiger partial charge in [0.15, 0.2) is 0 Å². The molecule has 2 heterocycles. The molecule has 0 aliphatic heterocycles. The first kappa shape index (κ1) is 16.2. The fourth-order valence-electron chi connectivity index (χ4n) is 2.85. The van der Waals surface area contributed by atoms with Gasteiger partial charge in [0.2, 0.25) is 0 Å². The molecule has 0 fully saturated rings. The lowest BCUT2D eigenvalue weighted by Gasteiger charge is -2.07. The summed E-state index contributed by atoms with van der Waals surface area (Å²) in [7, 11) is 0. The van der Waals surface area contributed by atoms with Crippen molar-refractivity contribution in [2.45, 2.75) is 33.6 Å². The molecular formula is C21H23N3. The van der Waals surface area contributed by atoms with Gasteiger partial charge in [-0.05, 0) is 55.7 Å². The zero-order valence-corrected chi connectivity index (χ0v) is 14.7. The fourth-order valence-corrected chi connectivity index (χ4v) is 2.85. The van der Waals surface area contributed by atoms with Gasteiger partial charge in [0, 0.05) is 29.4 Å². The lowest BCUT2D eigenvalue weighted by molar-refractivity contribution is 0.867. The summed E-state index contributed by atoms with van der Waals surface area (Å²) in [6, 6.07) is 16.5. The maximum atomic E-state index is 4.63. The highest BCUT2D eigenvalue weighted by molar-refractivity contribution is 5.84. The maximum Gasteiger partial charge on any atom is 0.136 e. The van der Waals surface area contributed by atoms with E-state index in [0.717, 1.165) is 28.5 Å². The lowest BCUT2D eigenvalue weighted by atomic mass is 10.0. The molecule has 0 N–H and O–H groups in total. The predicted octanol–water partition coefficient (Wildman–Crippen LogP) is 5.36. The van der Waals surface area contributed by atoms with Crippen LogP contribution in [0.3, 0.4) is 0 Å². The highest BCUT2D eigenvalue weighted by atomic mass is 15.1. The average molecular weight is 317 g/mol. The summed E-state index contributed by atoms with van der Waals surface area (Å²) in [4.78, 5) is 9.07. The standard InChI is InChI=1S/C21H23N3/c1-15(2)18-8-10-20(11-9-18)23-14-19-13-16(3)24(17(19)4)21-7-5-6-12-22-21/h5-15H,1-4H3. The first-order chi connectivity index (χ1) is 11.6. The number of aryl methyl sites for hydroxylation is 1. The van der Waals surface area contributed by atoms with Crippen molar-refractivity contribution in [2.75, 3.05) is 0 Å². The molecule has 0 aliphatic carbocycles. The Balaban J connectivity index is 1.88. The number of rotatable bonds is 4. The first-order valence-electron chi connectivity index (χ1n) is 8.30. The summed E-state index contributed by atoms with van der Waals surface area (Å²) in [6.45, 7) is 8.59. The summed E-state index contributed by atoms with van der Waals surface area (Å²) in [5, 5.41) is 0. The Bertz CT molecular complexity index is 841. The van der Waals surface area contributed by atoms with Crippen molar-refractivity contribution in [1.82, 2.24) is 9.55 Å². The Morgan fingerprint density at radius 2 is 1.79 bits per heavy atom. The van der Waals surface area contributed by atoms with Crippen molar-refractivity contribution in [3.05, 3.63) is 77.2 Å². The summed E-state index contributed by atoms with van der Waals surface area (Å²) in [5.74, 6) is 1.48. The highest BCUT2D eigenvalue weighted by Crippen LogP contribution is 2.21. The van der Waals surface area contributed by atoms with Crippen LogP contribution in [0.2, 0.25) is 0 Å².